The molecule has 0 radical (unpaired) electrons. The molecule has 0 aliphatic carbocycles. The Balaban J connectivity index is 0. The molecule has 0 saturated heterocycles. The second-order valence-corrected chi connectivity index (χ2v) is 7.15. The summed E-state index contributed by atoms with van der Waals surface area (Å²) < 4.78 is 4.93. The minimum absolute atomic E-state index is 0. The van der Waals surface area contributed by atoms with E-state index in [1.807, 2.05) is 0 Å². The Morgan fingerprint density at radius 2 is 1.04 bits per heavy atom. The van der Waals surface area contributed by atoms with Gasteiger partial charge in [-0.25, -0.2) is 4.79 Å². The van der Waals surface area contributed by atoms with Gasteiger partial charge in [0.25, 0.3) is 0 Å². The molecule has 152 valence electrons. The first kappa shape index (κ1) is 26.6. The predicted octanol–water partition coefficient (Wildman–Crippen LogP) is 6.33. The molecule has 0 amide bonds. The average molecular weight is 360 g/mol. The van der Waals surface area contributed by atoms with Crippen molar-refractivity contribution in [3.63, 3.8) is 0 Å². The fourth-order valence-electron chi connectivity index (χ4n) is 2.94. The van der Waals surface area contributed by atoms with Crippen LogP contribution in [0.15, 0.2) is 0 Å². The number of rotatable bonds is 18. The van der Waals surface area contributed by atoms with E-state index in [0.29, 0.717) is 6.61 Å². The van der Waals surface area contributed by atoms with Gasteiger partial charge in [0.15, 0.2) is 0 Å². The Kier molecular flexibility index (Phi) is 22.8. The van der Waals surface area contributed by atoms with Crippen LogP contribution in [0.2, 0.25) is 0 Å². The van der Waals surface area contributed by atoms with Crippen molar-refractivity contribution in [2.45, 2.75) is 123 Å². The van der Waals surface area contributed by atoms with Crippen LogP contribution in [-0.4, -0.2) is 23.8 Å². The highest BCUT2D eigenvalue weighted by atomic mass is 16.5. The van der Waals surface area contributed by atoms with Gasteiger partial charge in [-0.05, 0) is 13.3 Å². The molecule has 0 aromatic rings. The zero-order valence-corrected chi connectivity index (χ0v) is 17.1. The number of hydrogen-bond donors (Lipinski definition) is 2. The van der Waals surface area contributed by atoms with Crippen molar-refractivity contribution in [2.75, 3.05) is 6.61 Å². The lowest BCUT2D eigenvalue weighted by Gasteiger charge is -2.06. The van der Waals surface area contributed by atoms with Gasteiger partial charge in [-0.2, -0.15) is 0 Å². The van der Waals surface area contributed by atoms with Crippen LogP contribution in [0.25, 0.3) is 0 Å². The summed E-state index contributed by atoms with van der Waals surface area (Å²) in [6.07, 6.45) is 20.4. The van der Waals surface area contributed by atoms with Crippen LogP contribution in [0.4, 0.5) is 0 Å². The summed E-state index contributed by atoms with van der Waals surface area (Å²) in [6, 6.07) is 0. The van der Waals surface area contributed by atoms with E-state index in [9.17, 15) is 4.79 Å². The lowest BCUT2D eigenvalue weighted by molar-refractivity contribution is -0.152. The first-order valence-corrected chi connectivity index (χ1v) is 10.5. The van der Waals surface area contributed by atoms with Crippen molar-refractivity contribution in [3.8, 4) is 0 Å². The normalized spacial score (nSPS) is 11.8. The number of esters is 1. The second-order valence-electron chi connectivity index (χ2n) is 7.15. The first-order valence-electron chi connectivity index (χ1n) is 10.5. The molecule has 0 fully saturated rings. The van der Waals surface area contributed by atoms with Gasteiger partial charge in [-0.3, -0.25) is 0 Å². The standard InChI is InChI=1S/C21H42O3.H3N/c1-3-4-5-6-7-8-9-10-11-12-13-14-15-16-17-18-19-24-21(23)20(2)22;/h20,22H,3-19H2,1-2H3;1H3. The van der Waals surface area contributed by atoms with Gasteiger partial charge < -0.3 is 16.0 Å². The predicted molar refractivity (Wildman–Crippen MR) is 107 cm³/mol. The zero-order chi connectivity index (χ0) is 17.9. The van der Waals surface area contributed by atoms with Gasteiger partial charge >= 0.3 is 5.97 Å². The summed E-state index contributed by atoms with van der Waals surface area (Å²) >= 11 is 0. The second kappa shape index (κ2) is 21.4. The highest BCUT2D eigenvalue weighted by molar-refractivity contribution is 5.73. The van der Waals surface area contributed by atoms with Crippen molar-refractivity contribution in [1.82, 2.24) is 6.15 Å². The number of aliphatic hydroxyl groups excluding tert-OH is 1. The number of ether oxygens (including phenoxy) is 1. The summed E-state index contributed by atoms with van der Waals surface area (Å²) in [6.45, 7) is 4.16. The molecule has 1 atom stereocenters. The van der Waals surface area contributed by atoms with Gasteiger partial charge in [0.2, 0.25) is 0 Å². The smallest absolute Gasteiger partial charge is 0.334 e. The summed E-state index contributed by atoms with van der Waals surface area (Å²) in [5.74, 6) is -0.504. The van der Waals surface area contributed by atoms with Crippen LogP contribution >= 0.6 is 0 Å². The lowest BCUT2D eigenvalue weighted by Crippen LogP contribution is -2.19. The van der Waals surface area contributed by atoms with Crippen molar-refractivity contribution >= 4 is 5.97 Å². The largest absolute Gasteiger partial charge is 0.464 e. The third-order valence-corrected chi connectivity index (χ3v) is 4.58. The van der Waals surface area contributed by atoms with E-state index >= 15 is 0 Å². The zero-order valence-electron chi connectivity index (χ0n) is 17.1. The highest BCUT2D eigenvalue weighted by Gasteiger charge is 2.08. The SMILES string of the molecule is CCCCCCCCCCCCCCCCCCOC(=O)C(C)O.N. The van der Waals surface area contributed by atoms with Crippen LogP contribution in [0.1, 0.15) is 117 Å². The molecule has 0 heterocycles. The van der Waals surface area contributed by atoms with Gasteiger partial charge in [0, 0.05) is 0 Å². The molecule has 0 aromatic heterocycles. The maximum atomic E-state index is 11.0. The topological polar surface area (TPSA) is 81.5 Å². The molecular formula is C21H45NO3. The molecule has 0 rings (SSSR count). The molecule has 0 aliphatic rings. The van der Waals surface area contributed by atoms with Gasteiger partial charge in [0.05, 0.1) is 6.61 Å². The molecule has 0 aliphatic heterocycles. The van der Waals surface area contributed by atoms with Crippen LogP contribution in [0.5, 0.6) is 0 Å². The number of carbonyl (C=O) groups is 1. The summed E-state index contributed by atoms with van der Waals surface area (Å²) in [4.78, 5) is 11.0. The van der Waals surface area contributed by atoms with E-state index in [-0.39, 0.29) is 6.15 Å². The molecule has 4 heteroatoms. The van der Waals surface area contributed by atoms with E-state index < -0.39 is 12.1 Å². The van der Waals surface area contributed by atoms with Crippen LogP contribution in [0.3, 0.4) is 0 Å². The Morgan fingerprint density at radius 1 is 0.720 bits per heavy atom. The van der Waals surface area contributed by atoms with E-state index in [2.05, 4.69) is 6.92 Å². The van der Waals surface area contributed by atoms with Crippen LogP contribution in [-0.2, 0) is 9.53 Å². The van der Waals surface area contributed by atoms with Crippen molar-refractivity contribution in [3.05, 3.63) is 0 Å². The molecule has 1 unspecified atom stereocenters. The maximum absolute atomic E-state index is 11.0. The third-order valence-electron chi connectivity index (χ3n) is 4.58. The fraction of sp³-hybridized carbons (Fsp3) is 0.952. The van der Waals surface area contributed by atoms with Gasteiger partial charge in [-0.15, -0.1) is 0 Å². The first-order chi connectivity index (χ1) is 11.7. The van der Waals surface area contributed by atoms with E-state index in [1.54, 1.807) is 0 Å². The molecule has 25 heavy (non-hydrogen) atoms. The monoisotopic (exact) mass is 359 g/mol. The third kappa shape index (κ3) is 21.3. The molecule has 0 spiro atoms. The summed E-state index contributed by atoms with van der Waals surface area (Å²) in [5, 5.41) is 8.98. The quantitative estimate of drug-likeness (QED) is 0.221. The Hall–Kier alpha value is -0.610. The van der Waals surface area contributed by atoms with Crippen molar-refractivity contribution in [1.29, 1.82) is 0 Å². The number of unbranched alkanes of at least 4 members (excludes halogenated alkanes) is 15. The maximum Gasteiger partial charge on any atom is 0.334 e. The molecule has 4 N–H and O–H groups in total. The van der Waals surface area contributed by atoms with Gasteiger partial charge in [-0.1, -0.05) is 103 Å². The van der Waals surface area contributed by atoms with Crippen molar-refractivity contribution < 1.29 is 14.6 Å². The van der Waals surface area contributed by atoms with Gasteiger partial charge in [0.1, 0.15) is 6.10 Å². The number of carbonyl (C=O) groups excluding carboxylic acids is 1. The van der Waals surface area contributed by atoms with Crippen molar-refractivity contribution in [2.24, 2.45) is 0 Å². The average Bonchev–Trinajstić information content (AvgIpc) is 2.57. The Morgan fingerprint density at radius 3 is 1.36 bits per heavy atom. The number of aliphatic hydroxyl groups is 1. The summed E-state index contributed by atoms with van der Waals surface area (Å²) in [7, 11) is 0. The van der Waals surface area contributed by atoms with E-state index in [1.165, 1.54) is 96.8 Å². The summed E-state index contributed by atoms with van der Waals surface area (Å²) in [5.41, 5.74) is 0. The number of hydrogen-bond acceptors (Lipinski definition) is 4. The molecule has 0 aromatic carbocycles. The fourth-order valence-corrected chi connectivity index (χ4v) is 2.94. The lowest BCUT2D eigenvalue weighted by atomic mass is 10.0. The minimum Gasteiger partial charge on any atom is -0.464 e. The molecular weight excluding hydrogens is 314 g/mol. The minimum atomic E-state index is -0.994. The van der Waals surface area contributed by atoms with E-state index in [0.717, 1.165) is 12.8 Å². The van der Waals surface area contributed by atoms with E-state index in [4.69, 9.17) is 9.84 Å². The van der Waals surface area contributed by atoms with Crippen LogP contribution in [0, 0.1) is 0 Å². The highest BCUT2D eigenvalue weighted by Crippen LogP contribution is 2.13. The Bertz CT molecular complexity index is 270. The van der Waals surface area contributed by atoms with Crippen LogP contribution < -0.4 is 6.15 Å². The molecule has 4 nitrogen and oxygen atoms in total. The Labute approximate surface area is 156 Å². The molecule has 0 saturated carbocycles. The molecule has 0 bridgehead atoms.